The van der Waals surface area contributed by atoms with Crippen molar-refractivity contribution < 1.29 is 4.79 Å². The third-order valence-electron chi connectivity index (χ3n) is 4.91. The van der Waals surface area contributed by atoms with Gasteiger partial charge in [-0.3, -0.25) is 4.79 Å². The first-order valence-corrected chi connectivity index (χ1v) is 9.01. The summed E-state index contributed by atoms with van der Waals surface area (Å²) in [5, 5.41) is 6.60. The summed E-state index contributed by atoms with van der Waals surface area (Å²) in [6.07, 6.45) is 5.67. The van der Waals surface area contributed by atoms with E-state index in [1.165, 1.54) is 11.1 Å². The van der Waals surface area contributed by atoms with Crippen LogP contribution in [-0.2, 0) is 4.79 Å². The van der Waals surface area contributed by atoms with E-state index in [9.17, 15) is 4.79 Å². The number of carbonyl (C=O) groups excluding carboxylic acids is 1. The summed E-state index contributed by atoms with van der Waals surface area (Å²) in [7, 11) is 0. The van der Waals surface area contributed by atoms with Crippen molar-refractivity contribution in [3.63, 3.8) is 0 Å². The lowest BCUT2D eigenvalue weighted by Crippen LogP contribution is -2.29. The molecule has 2 aromatic carbocycles. The normalized spacial score (nSPS) is 24.0. The Morgan fingerprint density at radius 2 is 2.00 bits per heavy atom. The number of hydrogen-bond donors (Lipinski definition) is 2. The molecule has 0 aromatic heterocycles. The number of carbonyl (C=O) groups is 1. The van der Waals surface area contributed by atoms with Gasteiger partial charge in [0.15, 0.2) is 0 Å². The van der Waals surface area contributed by atoms with Gasteiger partial charge in [-0.1, -0.05) is 40.2 Å². The zero-order valence-corrected chi connectivity index (χ0v) is 15.0. The van der Waals surface area contributed by atoms with Crippen LogP contribution in [0, 0.1) is 5.92 Å². The van der Waals surface area contributed by atoms with Crippen molar-refractivity contribution in [2.24, 2.45) is 5.92 Å². The molecular weight excluding hydrogens is 364 g/mol. The monoisotopic (exact) mass is 382 g/mol. The molecule has 0 bridgehead atoms. The lowest BCUT2D eigenvalue weighted by Gasteiger charge is -2.37. The van der Waals surface area contributed by atoms with Crippen molar-refractivity contribution in [3.8, 4) is 0 Å². The first-order chi connectivity index (χ1) is 11.6. The van der Waals surface area contributed by atoms with Crippen LogP contribution in [0.1, 0.15) is 36.4 Å². The van der Waals surface area contributed by atoms with Crippen molar-refractivity contribution in [1.29, 1.82) is 0 Å². The van der Waals surface area contributed by atoms with Gasteiger partial charge < -0.3 is 10.6 Å². The Balaban J connectivity index is 1.72. The molecule has 2 aliphatic rings. The molecule has 3 unspecified atom stereocenters. The van der Waals surface area contributed by atoms with Crippen molar-refractivity contribution in [1.82, 2.24) is 0 Å². The number of halogens is 1. The number of fused-ring (bicyclic) bond motifs is 3. The number of rotatable bonds is 2. The minimum absolute atomic E-state index is 0.0371. The van der Waals surface area contributed by atoms with Gasteiger partial charge in [0.05, 0.1) is 6.04 Å². The SMILES string of the molecule is CC(=O)Nc1ccc2c(c1)C1C=CCC1C(c1ccc(Br)cc1)N2. The van der Waals surface area contributed by atoms with Crippen LogP contribution in [0.3, 0.4) is 0 Å². The topological polar surface area (TPSA) is 41.1 Å². The number of anilines is 2. The minimum Gasteiger partial charge on any atom is -0.378 e. The Kier molecular flexibility index (Phi) is 3.93. The molecule has 24 heavy (non-hydrogen) atoms. The molecule has 1 aliphatic heterocycles. The van der Waals surface area contributed by atoms with Crippen LogP contribution in [-0.4, -0.2) is 5.91 Å². The lowest BCUT2D eigenvalue weighted by molar-refractivity contribution is -0.114. The van der Waals surface area contributed by atoms with Gasteiger partial charge in [0.1, 0.15) is 0 Å². The molecule has 0 spiro atoms. The lowest BCUT2D eigenvalue weighted by atomic mass is 9.77. The summed E-state index contributed by atoms with van der Waals surface area (Å²) in [6.45, 7) is 1.54. The minimum atomic E-state index is -0.0371. The molecule has 122 valence electrons. The standard InChI is InChI=1S/C20H19BrN2O/c1-12(24)22-15-9-10-19-18(11-15)16-3-2-4-17(16)20(23-19)13-5-7-14(21)8-6-13/h2-3,5-11,16-17,20,23H,4H2,1H3,(H,22,24). The van der Waals surface area contributed by atoms with Gasteiger partial charge in [-0.15, -0.1) is 0 Å². The van der Waals surface area contributed by atoms with Crippen molar-refractivity contribution >= 4 is 33.2 Å². The molecule has 1 amide bonds. The highest BCUT2D eigenvalue weighted by molar-refractivity contribution is 9.10. The fraction of sp³-hybridized carbons (Fsp3) is 0.250. The predicted octanol–water partition coefficient (Wildman–Crippen LogP) is 5.23. The first kappa shape index (κ1) is 15.5. The number of hydrogen-bond acceptors (Lipinski definition) is 2. The van der Waals surface area contributed by atoms with Crippen LogP contribution >= 0.6 is 15.9 Å². The zero-order valence-electron chi connectivity index (χ0n) is 13.4. The van der Waals surface area contributed by atoms with E-state index < -0.39 is 0 Å². The van der Waals surface area contributed by atoms with Crippen molar-refractivity contribution in [3.05, 3.63) is 70.2 Å². The second-order valence-corrected chi connectivity index (χ2v) is 7.43. The Morgan fingerprint density at radius 1 is 1.21 bits per heavy atom. The number of allylic oxidation sites excluding steroid dienone is 2. The second-order valence-electron chi connectivity index (χ2n) is 6.51. The van der Waals surface area contributed by atoms with E-state index in [0.717, 1.165) is 22.3 Å². The molecule has 0 saturated heterocycles. The van der Waals surface area contributed by atoms with Gasteiger partial charge in [0.25, 0.3) is 0 Å². The average Bonchev–Trinajstić information content (AvgIpc) is 3.04. The molecule has 2 aromatic rings. The maximum absolute atomic E-state index is 11.3. The van der Waals surface area contributed by atoms with Gasteiger partial charge in [-0.2, -0.15) is 0 Å². The Morgan fingerprint density at radius 3 is 2.75 bits per heavy atom. The van der Waals surface area contributed by atoms with E-state index in [1.54, 1.807) is 6.92 Å². The summed E-state index contributed by atoms with van der Waals surface area (Å²) < 4.78 is 1.10. The summed E-state index contributed by atoms with van der Waals surface area (Å²) in [5.41, 5.74) is 4.61. The summed E-state index contributed by atoms with van der Waals surface area (Å²) in [5.74, 6) is 0.861. The van der Waals surface area contributed by atoms with Gasteiger partial charge in [-0.05, 0) is 53.8 Å². The Bertz CT molecular complexity index is 813. The first-order valence-electron chi connectivity index (χ1n) is 8.22. The highest BCUT2D eigenvalue weighted by Crippen LogP contribution is 2.50. The van der Waals surface area contributed by atoms with E-state index in [4.69, 9.17) is 0 Å². The molecule has 1 aliphatic carbocycles. The Labute approximate surface area is 150 Å². The molecule has 4 rings (SSSR count). The smallest absolute Gasteiger partial charge is 0.221 e. The van der Waals surface area contributed by atoms with Gasteiger partial charge in [0.2, 0.25) is 5.91 Å². The summed E-state index contributed by atoms with van der Waals surface area (Å²) in [6, 6.07) is 15.0. The maximum Gasteiger partial charge on any atom is 0.221 e. The van der Waals surface area contributed by atoms with Gasteiger partial charge >= 0.3 is 0 Å². The third kappa shape index (κ3) is 2.75. The molecule has 2 N–H and O–H groups in total. The second kappa shape index (κ2) is 6.10. The predicted molar refractivity (Wildman–Crippen MR) is 101 cm³/mol. The van der Waals surface area contributed by atoms with E-state index in [-0.39, 0.29) is 5.91 Å². The maximum atomic E-state index is 11.3. The summed E-state index contributed by atoms with van der Waals surface area (Å²) in [4.78, 5) is 11.3. The molecule has 4 heteroatoms. The van der Waals surface area contributed by atoms with Crippen molar-refractivity contribution in [2.45, 2.75) is 25.3 Å². The molecule has 3 nitrogen and oxygen atoms in total. The van der Waals surface area contributed by atoms with Crippen LogP contribution in [0.4, 0.5) is 11.4 Å². The van der Waals surface area contributed by atoms with E-state index in [1.807, 2.05) is 6.07 Å². The quantitative estimate of drug-likeness (QED) is 0.697. The van der Waals surface area contributed by atoms with Crippen LogP contribution in [0.25, 0.3) is 0 Å². The van der Waals surface area contributed by atoms with Gasteiger partial charge in [0, 0.05) is 28.7 Å². The molecular formula is C20H19BrN2O. The van der Waals surface area contributed by atoms with Crippen molar-refractivity contribution in [2.75, 3.05) is 10.6 Å². The third-order valence-corrected chi connectivity index (χ3v) is 5.44. The van der Waals surface area contributed by atoms with E-state index in [0.29, 0.717) is 17.9 Å². The number of nitrogens with one attached hydrogen (secondary N) is 2. The highest BCUT2D eigenvalue weighted by Gasteiger charge is 2.37. The van der Waals surface area contributed by atoms with Crippen LogP contribution in [0.2, 0.25) is 0 Å². The van der Waals surface area contributed by atoms with Crippen LogP contribution < -0.4 is 10.6 Å². The van der Waals surface area contributed by atoms with Gasteiger partial charge in [-0.25, -0.2) is 0 Å². The fourth-order valence-corrected chi connectivity index (χ4v) is 4.14. The Hall–Kier alpha value is -2.07. The molecule has 0 fully saturated rings. The molecule has 1 heterocycles. The number of amides is 1. The average molecular weight is 383 g/mol. The van der Waals surface area contributed by atoms with Crippen LogP contribution in [0.15, 0.2) is 59.1 Å². The van der Waals surface area contributed by atoms with Crippen LogP contribution in [0.5, 0.6) is 0 Å². The molecule has 3 atom stereocenters. The number of benzene rings is 2. The molecule has 0 radical (unpaired) electrons. The van der Waals surface area contributed by atoms with E-state index in [2.05, 4.69) is 75.1 Å². The molecule has 0 saturated carbocycles. The van der Waals surface area contributed by atoms with E-state index >= 15 is 0 Å². The fourth-order valence-electron chi connectivity index (χ4n) is 3.88. The highest BCUT2D eigenvalue weighted by atomic mass is 79.9. The largest absolute Gasteiger partial charge is 0.378 e. The summed E-state index contributed by atoms with van der Waals surface area (Å²) >= 11 is 3.51. The zero-order chi connectivity index (χ0) is 16.7.